The van der Waals surface area contributed by atoms with Gasteiger partial charge in [0.05, 0.1) is 0 Å². The highest BCUT2D eigenvalue weighted by atomic mass is 19.1. The van der Waals surface area contributed by atoms with Crippen LogP contribution in [-0.4, -0.2) is 5.54 Å². The van der Waals surface area contributed by atoms with Gasteiger partial charge in [-0.25, -0.2) is 4.39 Å². The molecule has 0 heterocycles. The van der Waals surface area contributed by atoms with E-state index in [0.29, 0.717) is 11.3 Å². The Bertz CT molecular complexity index is 291. The molecule has 0 spiro atoms. The number of rotatable bonds is 2. The number of nitrogen functional groups attached to an aromatic ring is 1. The number of nitrogens with two attached hydrogens (primary N) is 2. The highest BCUT2D eigenvalue weighted by Crippen LogP contribution is 2.28. The van der Waals surface area contributed by atoms with Crippen LogP contribution in [0.3, 0.4) is 0 Å². The van der Waals surface area contributed by atoms with Crippen molar-refractivity contribution in [1.82, 2.24) is 0 Å². The van der Waals surface area contributed by atoms with Crippen molar-refractivity contribution in [1.29, 1.82) is 0 Å². The Labute approximate surface area is 77.7 Å². The van der Waals surface area contributed by atoms with Crippen molar-refractivity contribution in [3.05, 3.63) is 29.8 Å². The Morgan fingerprint density at radius 1 is 1.38 bits per heavy atom. The monoisotopic (exact) mass is 182 g/mol. The van der Waals surface area contributed by atoms with E-state index < -0.39 is 11.7 Å². The summed E-state index contributed by atoms with van der Waals surface area (Å²) in [6, 6.07) is 6.75. The average Bonchev–Trinajstić information content (AvgIpc) is 2.01. The third kappa shape index (κ3) is 2.42. The molecule has 1 unspecified atom stereocenters. The molecule has 72 valence electrons. The van der Waals surface area contributed by atoms with E-state index in [-0.39, 0.29) is 0 Å². The topological polar surface area (TPSA) is 52.0 Å². The summed E-state index contributed by atoms with van der Waals surface area (Å²) < 4.78 is 13.6. The van der Waals surface area contributed by atoms with E-state index in [1.165, 1.54) is 0 Å². The van der Waals surface area contributed by atoms with Gasteiger partial charge < -0.3 is 11.5 Å². The van der Waals surface area contributed by atoms with E-state index in [1.54, 1.807) is 38.1 Å². The number of alkyl halides is 1. The maximum Gasteiger partial charge on any atom is 0.142 e. The van der Waals surface area contributed by atoms with Gasteiger partial charge in [-0.1, -0.05) is 12.1 Å². The molecule has 1 aromatic carbocycles. The molecular formula is C10H15FN2. The first-order valence-corrected chi connectivity index (χ1v) is 4.19. The van der Waals surface area contributed by atoms with Crippen molar-refractivity contribution < 1.29 is 4.39 Å². The molecular weight excluding hydrogens is 167 g/mol. The van der Waals surface area contributed by atoms with Crippen LogP contribution in [0, 0.1) is 0 Å². The lowest BCUT2D eigenvalue weighted by Gasteiger charge is -2.23. The minimum atomic E-state index is -1.18. The fourth-order valence-electron chi connectivity index (χ4n) is 1.15. The zero-order valence-electron chi connectivity index (χ0n) is 7.92. The van der Waals surface area contributed by atoms with Gasteiger partial charge in [0.1, 0.15) is 6.17 Å². The Balaban J connectivity index is 2.96. The normalized spacial score (nSPS) is 14.2. The van der Waals surface area contributed by atoms with Crippen LogP contribution < -0.4 is 11.5 Å². The summed E-state index contributed by atoms with van der Waals surface area (Å²) >= 11 is 0. The minimum absolute atomic E-state index is 0.535. The Hall–Kier alpha value is -1.09. The molecule has 0 saturated heterocycles. The standard InChI is InChI=1S/C10H15FN2/c1-10(2,13)9(11)7-4-3-5-8(12)6-7/h3-6,9H,12-13H2,1-2H3. The van der Waals surface area contributed by atoms with Gasteiger partial charge in [-0.3, -0.25) is 0 Å². The second kappa shape index (κ2) is 3.34. The molecule has 1 aromatic rings. The van der Waals surface area contributed by atoms with Crippen molar-refractivity contribution in [2.24, 2.45) is 5.73 Å². The molecule has 0 aliphatic heterocycles. The van der Waals surface area contributed by atoms with Gasteiger partial charge >= 0.3 is 0 Å². The van der Waals surface area contributed by atoms with E-state index in [4.69, 9.17) is 11.5 Å². The zero-order chi connectivity index (χ0) is 10.1. The maximum atomic E-state index is 13.6. The molecule has 0 radical (unpaired) electrons. The van der Waals surface area contributed by atoms with Crippen LogP contribution in [-0.2, 0) is 0 Å². The average molecular weight is 182 g/mol. The van der Waals surface area contributed by atoms with Gasteiger partial charge in [0.2, 0.25) is 0 Å². The number of halogens is 1. The summed E-state index contributed by atoms with van der Waals surface area (Å²) in [5.41, 5.74) is 11.4. The van der Waals surface area contributed by atoms with Crippen molar-refractivity contribution in [2.75, 3.05) is 5.73 Å². The predicted molar refractivity (Wildman–Crippen MR) is 53.0 cm³/mol. The van der Waals surface area contributed by atoms with E-state index in [9.17, 15) is 4.39 Å². The molecule has 0 fully saturated rings. The van der Waals surface area contributed by atoms with Crippen molar-refractivity contribution in [3.8, 4) is 0 Å². The molecule has 4 N–H and O–H groups in total. The SMILES string of the molecule is CC(C)(N)C(F)c1cccc(N)c1. The van der Waals surface area contributed by atoms with E-state index in [0.717, 1.165) is 0 Å². The first-order valence-electron chi connectivity index (χ1n) is 4.19. The van der Waals surface area contributed by atoms with Gasteiger partial charge in [0.25, 0.3) is 0 Å². The van der Waals surface area contributed by atoms with Gasteiger partial charge in [-0.2, -0.15) is 0 Å². The summed E-state index contributed by atoms with van der Waals surface area (Å²) in [6.45, 7) is 3.31. The van der Waals surface area contributed by atoms with Gasteiger partial charge in [0, 0.05) is 11.2 Å². The second-order valence-corrected chi connectivity index (χ2v) is 3.85. The Morgan fingerprint density at radius 3 is 2.46 bits per heavy atom. The number of hydrogen-bond acceptors (Lipinski definition) is 2. The molecule has 0 bridgehead atoms. The van der Waals surface area contributed by atoms with E-state index in [2.05, 4.69) is 0 Å². The smallest absolute Gasteiger partial charge is 0.142 e. The lowest BCUT2D eigenvalue weighted by atomic mass is 9.94. The Morgan fingerprint density at radius 2 is 2.00 bits per heavy atom. The quantitative estimate of drug-likeness (QED) is 0.687. The molecule has 0 aromatic heterocycles. The van der Waals surface area contributed by atoms with Crippen molar-refractivity contribution in [2.45, 2.75) is 25.6 Å². The van der Waals surface area contributed by atoms with Crippen LogP contribution in [0.15, 0.2) is 24.3 Å². The predicted octanol–water partition coefficient (Wildman–Crippen LogP) is 2.02. The largest absolute Gasteiger partial charge is 0.399 e. The fraction of sp³-hybridized carbons (Fsp3) is 0.400. The molecule has 0 saturated carbocycles. The highest BCUT2D eigenvalue weighted by molar-refractivity contribution is 5.41. The molecule has 2 nitrogen and oxygen atoms in total. The third-order valence-corrected chi connectivity index (χ3v) is 1.86. The lowest BCUT2D eigenvalue weighted by Crippen LogP contribution is -2.37. The summed E-state index contributed by atoms with van der Waals surface area (Å²) in [5, 5.41) is 0. The van der Waals surface area contributed by atoms with Crippen LogP contribution in [0.2, 0.25) is 0 Å². The number of anilines is 1. The summed E-state index contributed by atoms with van der Waals surface area (Å²) in [6.07, 6.45) is -1.18. The van der Waals surface area contributed by atoms with Crippen LogP contribution >= 0.6 is 0 Å². The van der Waals surface area contributed by atoms with Gasteiger partial charge in [-0.15, -0.1) is 0 Å². The fourth-order valence-corrected chi connectivity index (χ4v) is 1.15. The summed E-state index contributed by atoms with van der Waals surface area (Å²) in [7, 11) is 0. The maximum absolute atomic E-state index is 13.6. The van der Waals surface area contributed by atoms with Crippen molar-refractivity contribution >= 4 is 5.69 Å². The molecule has 13 heavy (non-hydrogen) atoms. The molecule has 0 aliphatic carbocycles. The molecule has 1 rings (SSSR count). The Kier molecular flexibility index (Phi) is 2.57. The number of hydrogen-bond donors (Lipinski definition) is 2. The second-order valence-electron chi connectivity index (χ2n) is 3.85. The van der Waals surface area contributed by atoms with E-state index >= 15 is 0 Å². The van der Waals surface area contributed by atoms with Crippen molar-refractivity contribution in [3.63, 3.8) is 0 Å². The zero-order valence-corrected chi connectivity index (χ0v) is 7.92. The lowest BCUT2D eigenvalue weighted by molar-refractivity contribution is 0.223. The number of benzene rings is 1. The summed E-state index contributed by atoms with van der Waals surface area (Å²) in [5.74, 6) is 0. The summed E-state index contributed by atoms with van der Waals surface area (Å²) in [4.78, 5) is 0. The molecule has 3 heteroatoms. The highest BCUT2D eigenvalue weighted by Gasteiger charge is 2.26. The van der Waals surface area contributed by atoms with Crippen LogP contribution in [0.25, 0.3) is 0 Å². The molecule has 1 atom stereocenters. The van der Waals surface area contributed by atoms with Crippen LogP contribution in [0.1, 0.15) is 25.6 Å². The minimum Gasteiger partial charge on any atom is -0.399 e. The van der Waals surface area contributed by atoms with Gasteiger partial charge in [-0.05, 0) is 31.5 Å². The first-order chi connectivity index (χ1) is 5.91. The third-order valence-electron chi connectivity index (χ3n) is 1.86. The molecule has 0 aliphatic rings. The van der Waals surface area contributed by atoms with Crippen LogP contribution in [0.5, 0.6) is 0 Å². The van der Waals surface area contributed by atoms with E-state index in [1.807, 2.05) is 0 Å². The van der Waals surface area contributed by atoms with Crippen LogP contribution in [0.4, 0.5) is 10.1 Å². The van der Waals surface area contributed by atoms with Gasteiger partial charge in [0.15, 0.2) is 0 Å². The first kappa shape index (κ1) is 9.99. The molecule has 0 amide bonds.